The van der Waals surface area contributed by atoms with Crippen LogP contribution in [0.1, 0.15) is 21.6 Å². The largest absolute Gasteiger partial charge is 0.478 e. The molecule has 6 heteroatoms. The smallest absolute Gasteiger partial charge is 0.328 e. The number of aliphatic carboxylic acids is 1. The van der Waals surface area contributed by atoms with E-state index in [1.807, 2.05) is 12.1 Å². The Balaban J connectivity index is 2.00. The van der Waals surface area contributed by atoms with Gasteiger partial charge in [-0.1, -0.05) is 29.4 Å². The zero-order chi connectivity index (χ0) is 15.2. The van der Waals surface area contributed by atoms with E-state index in [9.17, 15) is 9.59 Å². The Bertz CT molecular complexity index is 645. The molecule has 1 amide bonds. The third-order valence-corrected chi connectivity index (χ3v) is 2.82. The average molecular weight is 286 g/mol. The molecule has 2 rings (SSSR count). The lowest BCUT2D eigenvalue weighted by Crippen LogP contribution is -2.26. The zero-order valence-electron chi connectivity index (χ0n) is 11.4. The van der Waals surface area contributed by atoms with Crippen molar-refractivity contribution in [2.45, 2.75) is 6.54 Å². The Kier molecular flexibility index (Phi) is 4.50. The third-order valence-electron chi connectivity index (χ3n) is 2.82. The summed E-state index contributed by atoms with van der Waals surface area (Å²) in [5.74, 6) is -1.21. The molecule has 0 aliphatic heterocycles. The SMILES string of the molecule is CN(Cc1ccc(C=CC(=O)O)cc1)C(=O)c1ccon1. The van der Waals surface area contributed by atoms with Crippen molar-refractivity contribution in [3.05, 3.63) is 59.5 Å². The second kappa shape index (κ2) is 6.51. The number of amides is 1. The van der Waals surface area contributed by atoms with Gasteiger partial charge in [-0.2, -0.15) is 0 Å². The second-order valence-corrected chi connectivity index (χ2v) is 4.46. The van der Waals surface area contributed by atoms with Gasteiger partial charge < -0.3 is 14.5 Å². The Hall–Kier alpha value is -2.89. The molecule has 1 heterocycles. The van der Waals surface area contributed by atoms with Gasteiger partial charge in [0, 0.05) is 25.7 Å². The van der Waals surface area contributed by atoms with E-state index in [1.165, 1.54) is 23.3 Å². The summed E-state index contributed by atoms with van der Waals surface area (Å²) in [6.07, 6.45) is 3.94. The average Bonchev–Trinajstić information content (AvgIpc) is 2.99. The number of carbonyl (C=O) groups excluding carboxylic acids is 1. The predicted molar refractivity (Wildman–Crippen MR) is 75.4 cm³/mol. The normalized spacial score (nSPS) is 10.7. The van der Waals surface area contributed by atoms with Crippen molar-refractivity contribution in [1.29, 1.82) is 0 Å². The molecular weight excluding hydrogens is 272 g/mol. The number of carboxylic acids is 1. The van der Waals surface area contributed by atoms with E-state index in [1.54, 1.807) is 19.2 Å². The molecule has 0 fully saturated rings. The van der Waals surface area contributed by atoms with Crippen LogP contribution in [0.15, 0.2) is 47.2 Å². The van der Waals surface area contributed by atoms with Crippen molar-refractivity contribution in [1.82, 2.24) is 10.1 Å². The van der Waals surface area contributed by atoms with E-state index >= 15 is 0 Å². The molecule has 2 aromatic rings. The molecule has 1 N–H and O–H groups in total. The lowest BCUT2D eigenvalue weighted by molar-refractivity contribution is -0.131. The highest BCUT2D eigenvalue weighted by Crippen LogP contribution is 2.10. The maximum atomic E-state index is 12.0. The summed E-state index contributed by atoms with van der Waals surface area (Å²) < 4.78 is 4.64. The molecule has 0 atom stereocenters. The van der Waals surface area contributed by atoms with E-state index in [0.29, 0.717) is 6.54 Å². The Morgan fingerprint density at radius 2 is 2.00 bits per heavy atom. The number of nitrogens with zero attached hydrogens (tertiary/aromatic N) is 2. The quantitative estimate of drug-likeness (QED) is 0.850. The van der Waals surface area contributed by atoms with Gasteiger partial charge in [0.2, 0.25) is 0 Å². The molecule has 1 aromatic carbocycles. The van der Waals surface area contributed by atoms with Gasteiger partial charge in [0.05, 0.1) is 0 Å². The molecule has 0 aliphatic rings. The molecule has 0 aliphatic carbocycles. The van der Waals surface area contributed by atoms with Gasteiger partial charge in [-0.3, -0.25) is 4.79 Å². The highest BCUT2D eigenvalue weighted by Gasteiger charge is 2.14. The first-order valence-electron chi connectivity index (χ1n) is 6.22. The first-order chi connectivity index (χ1) is 10.1. The first kappa shape index (κ1) is 14.5. The van der Waals surface area contributed by atoms with Gasteiger partial charge in [-0.25, -0.2) is 4.79 Å². The second-order valence-electron chi connectivity index (χ2n) is 4.46. The molecule has 0 unspecified atom stereocenters. The summed E-state index contributed by atoms with van der Waals surface area (Å²) in [6.45, 7) is 0.425. The van der Waals surface area contributed by atoms with Crippen molar-refractivity contribution in [3.63, 3.8) is 0 Å². The van der Waals surface area contributed by atoms with Crippen LogP contribution in [0, 0.1) is 0 Å². The lowest BCUT2D eigenvalue weighted by atomic mass is 10.1. The van der Waals surface area contributed by atoms with E-state index in [4.69, 9.17) is 5.11 Å². The standard InChI is InChI=1S/C15H14N2O4/c1-17(15(20)13-8-9-21-16-13)10-12-4-2-11(3-5-12)6-7-14(18)19/h2-9H,10H2,1H3,(H,18,19). The summed E-state index contributed by atoms with van der Waals surface area (Å²) in [4.78, 5) is 23.9. The van der Waals surface area contributed by atoms with Crippen molar-refractivity contribution >= 4 is 18.0 Å². The van der Waals surface area contributed by atoms with Crippen LogP contribution in [0.3, 0.4) is 0 Å². The zero-order valence-corrected chi connectivity index (χ0v) is 11.4. The number of carboxylic acid groups (broad SMARTS) is 1. The van der Waals surface area contributed by atoms with E-state index < -0.39 is 5.97 Å². The fourth-order valence-corrected chi connectivity index (χ4v) is 1.77. The molecule has 6 nitrogen and oxygen atoms in total. The van der Waals surface area contributed by atoms with Crippen LogP contribution in [0.5, 0.6) is 0 Å². The van der Waals surface area contributed by atoms with Crippen molar-refractivity contribution in [3.8, 4) is 0 Å². The Labute approximate surface area is 121 Å². The molecule has 0 spiro atoms. The fourth-order valence-electron chi connectivity index (χ4n) is 1.77. The molecule has 0 saturated carbocycles. The van der Waals surface area contributed by atoms with Crippen LogP contribution in [-0.2, 0) is 11.3 Å². The van der Waals surface area contributed by atoms with Crippen LogP contribution < -0.4 is 0 Å². The van der Waals surface area contributed by atoms with Crippen LogP contribution in [-0.4, -0.2) is 34.1 Å². The van der Waals surface area contributed by atoms with Gasteiger partial charge in [-0.15, -0.1) is 0 Å². The predicted octanol–water partition coefficient (Wildman–Crippen LogP) is 2.04. The Morgan fingerprint density at radius 1 is 1.29 bits per heavy atom. The minimum absolute atomic E-state index is 0.224. The van der Waals surface area contributed by atoms with Crippen LogP contribution in [0.25, 0.3) is 6.08 Å². The number of carbonyl (C=O) groups is 2. The topological polar surface area (TPSA) is 83.6 Å². The lowest BCUT2D eigenvalue weighted by Gasteiger charge is -2.15. The summed E-state index contributed by atoms with van der Waals surface area (Å²) in [6, 6.07) is 8.78. The first-order valence-corrected chi connectivity index (χ1v) is 6.22. The molecule has 0 bridgehead atoms. The summed E-state index contributed by atoms with van der Waals surface area (Å²) >= 11 is 0. The van der Waals surface area contributed by atoms with E-state index in [0.717, 1.165) is 17.2 Å². The number of benzene rings is 1. The van der Waals surface area contributed by atoms with Crippen LogP contribution in [0.2, 0.25) is 0 Å². The van der Waals surface area contributed by atoms with E-state index in [2.05, 4.69) is 9.68 Å². The van der Waals surface area contributed by atoms with Gasteiger partial charge in [0.25, 0.3) is 5.91 Å². The molecule has 21 heavy (non-hydrogen) atoms. The Morgan fingerprint density at radius 3 is 2.57 bits per heavy atom. The van der Waals surface area contributed by atoms with E-state index in [-0.39, 0.29) is 11.6 Å². The van der Waals surface area contributed by atoms with Crippen LogP contribution >= 0.6 is 0 Å². The minimum Gasteiger partial charge on any atom is -0.478 e. The number of aromatic nitrogens is 1. The fraction of sp³-hybridized carbons (Fsp3) is 0.133. The monoisotopic (exact) mass is 286 g/mol. The van der Waals surface area contributed by atoms with Gasteiger partial charge in [-0.05, 0) is 17.2 Å². The molecule has 1 aromatic heterocycles. The molecular formula is C15H14N2O4. The maximum Gasteiger partial charge on any atom is 0.328 e. The summed E-state index contributed by atoms with van der Waals surface area (Å²) in [5, 5.41) is 12.2. The maximum absolute atomic E-state index is 12.0. The molecule has 108 valence electrons. The van der Waals surface area contributed by atoms with Crippen LogP contribution in [0.4, 0.5) is 0 Å². The molecule has 0 saturated heterocycles. The highest BCUT2D eigenvalue weighted by molar-refractivity contribution is 5.91. The van der Waals surface area contributed by atoms with Crippen molar-refractivity contribution in [2.24, 2.45) is 0 Å². The van der Waals surface area contributed by atoms with Gasteiger partial charge in [0.15, 0.2) is 5.69 Å². The highest BCUT2D eigenvalue weighted by atomic mass is 16.5. The number of rotatable bonds is 5. The third kappa shape index (κ3) is 4.04. The molecule has 0 radical (unpaired) electrons. The summed E-state index contributed by atoms with van der Waals surface area (Å²) in [5.41, 5.74) is 1.98. The minimum atomic E-state index is -0.989. The van der Waals surface area contributed by atoms with Gasteiger partial charge in [0.1, 0.15) is 6.26 Å². The van der Waals surface area contributed by atoms with Gasteiger partial charge >= 0.3 is 5.97 Å². The number of hydrogen-bond acceptors (Lipinski definition) is 4. The summed E-state index contributed by atoms with van der Waals surface area (Å²) in [7, 11) is 1.68. The van der Waals surface area contributed by atoms with Crippen molar-refractivity contribution < 1.29 is 19.2 Å². The van der Waals surface area contributed by atoms with Crippen molar-refractivity contribution in [2.75, 3.05) is 7.05 Å². The number of hydrogen-bond donors (Lipinski definition) is 1.